The van der Waals surface area contributed by atoms with E-state index in [0.29, 0.717) is 18.8 Å². The lowest BCUT2D eigenvalue weighted by molar-refractivity contribution is 0.144. The molecule has 1 aliphatic heterocycles. The van der Waals surface area contributed by atoms with Crippen molar-refractivity contribution in [2.45, 2.75) is 13.5 Å². The molecule has 0 radical (unpaired) electrons. The highest BCUT2D eigenvalue weighted by Gasteiger charge is 2.21. The zero-order valence-corrected chi connectivity index (χ0v) is 15.8. The molecule has 4 rings (SSSR count). The van der Waals surface area contributed by atoms with Crippen molar-refractivity contribution in [1.82, 2.24) is 24.3 Å². The summed E-state index contributed by atoms with van der Waals surface area (Å²) < 4.78 is 15.4. The summed E-state index contributed by atoms with van der Waals surface area (Å²) in [7, 11) is 0. The van der Waals surface area contributed by atoms with Gasteiger partial charge in [0.1, 0.15) is 17.2 Å². The van der Waals surface area contributed by atoms with Crippen molar-refractivity contribution >= 4 is 22.9 Å². The molecule has 146 valence electrons. The van der Waals surface area contributed by atoms with Crippen LogP contribution < -0.4 is 5.32 Å². The summed E-state index contributed by atoms with van der Waals surface area (Å²) in [4.78, 5) is 25.5. The number of carbonyl (C=O) groups is 1. The Morgan fingerprint density at radius 2 is 1.96 bits per heavy atom. The average molecular weight is 382 g/mol. The first-order valence-electron chi connectivity index (χ1n) is 9.42. The van der Waals surface area contributed by atoms with E-state index < -0.39 is 0 Å². The molecule has 0 aliphatic carbocycles. The van der Waals surface area contributed by atoms with E-state index >= 15 is 0 Å². The maximum absolute atomic E-state index is 13.3. The number of carbonyl (C=O) groups excluding carboxylic acids is 1. The molecule has 7 nitrogen and oxygen atoms in total. The van der Waals surface area contributed by atoms with Crippen molar-refractivity contribution in [3.8, 4) is 0 Å². The van der Waals surface area contributed by atoms with Gasteiger partial charge in [-0.05, 0) is 37.3 Å². The number of aryl methyl sites for hydroxylation is 1. The number of anilines is 1. The first-order valence-corrected chi connectivity index (χ1v) is 9.42. The number of hydrogen-bond acceptors (Lipinski definition) is 4. The molecule has 1 aliphatic rings. The standard InChI is InChI=1S/C20H23FN6O/c1-15-23-18-6-3-7-22-19(18)27(15)13-10-25-8-11-26(12-9-25)20(28)24-17-5-2-4-16(21)14-17/h2-7,14H,8-13H2,1H3,(H,24,28). The molecule has 2 amide bonds. The van der Waals surface area contributed by atoms with Crippen molar-refractivity contribution in [2.75, 3.05) is 38.0 Å². The second-order valence-corrected chi connectivity index (χ2v) is 6.93. The van der Waals surface area contributed by atoms with E-state index in [1.807, 2.05) is 19.1 Å². The fourth-order valence-corrected chi connectivity index (χ4v) is 3.52. The summed E-state index contributed by atoms with van der Waals surface area (Å²) >= 11 is 0. The Morgan fingerprint density at radius 1 is 1.14 bits per heavy atom. The Morgan fingerprint density at radius 3 is 2.75 bits per heavy atom. The van der Waals surface area contributed by atoms with Crippen molar-refractivity contribution < 1.29 is 9.18 Å². The van der Waals surface area contributed by atoms with Crippen LogP contribution in [0, 0.1) is 12.7 Å². The Balaban J connectivity index is 1.29. The summed E-state index contributed by atoms with van der Waals surface area (Å²) in [6.07, 6.45) is 1.79. The molecule has 0 spiro atoms. The molecule has 28 heavy (non-hydrogen) atoms. The van der Waals surface area contributed by atoms with Crippen molar-refractivity contribution in [2.24, 2.45) is 0 Å². The summed E-state index contributed by atoms with van der Waals surface area (Å²) in [6.45, 7) is 6.57. The predicted molar refractivity (Wildman–Crippen MR) is 106 cm³/mol. The molecule has 0 saturated carbocycles. The molecule has 3 aromatic rings. The zero-order valence-electron chi connectivity index (χ0n) is 15.8. The highest BCUT2D eigenvalue weighted by atomic mass is 19.1. The maximum Gasteiger partial charge on any atom is 0.321 e. The number of rotatable bonds is 4. The van der Waals surface area contributed by atoms with E-state index in [1.54, 1.807) is 23.2 Å². The van der Waals surface area contributed by atoms with Gasteiger partial charge in [0.25, 0.3) is 0 Å². The van der Waals surface area contributed by atoms with Crippen LogP contribution in [-0.2, 0) is 6.54 Å². The molecule has 0 atom stereocenters. The Labute approximate surface area is 162 Å². The van der Waals surface area contributed by atoms with E-state index in [0.717, 1.165) is 43.2 Å². The lowest BCUT2D eigenvalue weighted by Gasteiger charge is -2.34. The number of amides is 2. The number of hydrogen-bond donors (Lipinski definition) is 1. The number of aromatic nitrogens is 3. The van der Waals surface area contributed by atoms with Crippen LogP contribution in [0.1, 0.15) is 5.82 Å². The molecule has 0 bridgehead atoms. The van der Waals surface area contributed by atoms with Crippen LogP contribution in [-0.4, -0.2) is 63.1 Å². The van der Waals surface area contributed by atoms with E-state index in [2.05, 4.69) is 24.8 Å². The van der Waals surface area contributed by atoms with Crippen molar-refractivity contribution in [3.05, 3.63) is 54.2 Å². The molecule has 3 heterocycles. The number of nitrogens with zero attached hydrogens (tertiary/aromatic N) is 5. The maximum atomic E-state index is 13.3. The fraction of sp³-hybridized carbons (Fsp3) is 0.350. The van der Waals surface area contributed by atoms with E-state index in [1.165, 1.54) is 12.1 Å². The van der Waals surface area contributed by atoms with Crippen molar-refractivity contribution in [1.29, 1.82) is 0 Å². The lowest BCUT2D eigenvalue weighted by atomic mass is 10.3. The minimum atomic E-state index is -0.362. The summed E-state index contributed by atoms with van der Waals surface area (Å²) in [6, 6.07) is 9.62. The Kier molecular flexibility index (Phi) is 5.21. The quantitative estimate of drug-likeness (QED) is 0.754. The SMILES string of the molecule is Cc1nc2cccnc2n1CCN1CCN(C(=O)Nc2cccc(F)c2)CC1. The molecular formula is C20H23FN6O. The number of nitrogens with one attached hydrogen (secondary N) is 1. The molecule has 1 saturated heterocycles. The number of fused-ring (bicyclic) bond motifs is 1. The lowest BCUT2D eigenvalue weighted by Crippen LogP contribution is -2.50. The smallest absolute Gasteiger partial charge is 0.321 e. The topological polar surface area (TPSA) is 66.3 Å². The van der Waals surface area contributed by atoms with Gasteiger partial charge in [0.2, 0.25) is 0 Å². The van der Waals surface area contributed by atoms with Crippen LogP contribution in [0.4, 0.5) is 14.9 Å². The highest BCUT2D eigenvalue weighted by molar-refractivity contribution is 5.89. The van der Waals surface area contributed by atoms with Gasteiger partial charge in [-0.2, -0.15) is 0 Å². The van der Waals surface area contributed by atoms with Crippen LogP contribution in [0.15, 0.2) is 42.6 Å². The minimum absolute atomic E-state index is 0.189. The van der Waals surface area contributed by atoms with Gasteiger partial charge in [-0.25, -0.2) is 19.2 Å². The van der Waals surface area contributed by atoms with E-state index in [4.69, 9.17) is 0 Å². The van der Waals surface area contributed by atoms with Gasteiger partial charge >= 0.3 is 6.03 Å². The second-order valence-electron chi connectivity index (χ2n) is 6.93. The molecule has 1 aromatic carbocycles. The molecule has 2 aromatic heterocycles. The zero-order chi connectivity index (χ0) is 19.5. The number of imidazole rings is 1. The van der Waals surface area contributed by atoms with E-state index in [-0.39, 0.29) is 11.8 Å². The van der Waals surface area contributed by atoms with Gasteiger partial charge in [0.05, 0.1) is 0 Å². The Bertz CT molecular complexity index is 980. The predicted octanol–water partition coefficient (Wildman–Crippen LogP) is 2.73. The number of pyridine rings is 1. The number of piperazine rings is 1. The van der Waals surface area contributed by atoms with Crippen LogP contribution in [0.25, 0.3) is 11.2 Å². The normalized spacial score (nSPS) is 15.1. The molecule has 1 N–H and O–H groups in total. The summed E-state index contributed by atoms with van der Waals surface area (Å²) in [5.74, 6) is 0.598. The third-order valence-electron chi connectivity index (χ3n) is 5.07. The third kappa shape index (κ3) is 3.96. The van der Waals surface area contributed by atoms with Gasteiger partial charge in [-0.1, -0.05) is 6.07 Å². The molecule has 1 fully saturated rings. The average Bonchev–Trinajstić information content (AvgIpc) is 3.02. The molecular weight excluding hydrogens is 359 g/mol. The Hall–Kier alpha value is -3.00. The van der Waals surface area contributed by atoms with E-state index in [9.17, 15) is 9.18 Å². The van der Waals surface area contributed by atoms with Gasteiger partial charge in [-0.3, -0.25) is 4.90 Å². The van der Waals surface area contributed by atoms with Gasteiger partial charge in [0.15, 0.2) is 5.65 Å². The van der Waals surface area contributed by atoms with Crippen molar-refractivity contribution in [3.63, 3.8) is 0 Å². The number of halogens is 1. The van der Waals surface area contributed by atoms with Gasteiger partial charge < -0.3 is 14.8 Å². The fourth-order valence-electron chi connectivity index (χ4n) is 3.52. The second kappa shape index (κ2) is 7.93. The third-order valence-corrected chi connectivity index (χ3v) is 5.07. The molecule has 0 unspecified atom stereocenters. The summed E-state index contributed by atoms with van der Waals surface area (Å²) in [5.41, 5.74) is 2.30. The van der Waals surface area contributed by atoms with Gasteiger partial charge in [0, 0.05) is 51.2 Å². The molecule has 8 heteroatoms. The monoisotopic (exact) mass is 382 g/mol. The van der Waals surface area contributed by atoms with Crippen LogP contribution in [0.5, 0.6) is 0 Å². The number of benzene rings is 1. The number of urea groups is 1. The highest BCUT2D eigenvalue weighted by Crippen LogP contribution is 2.14. The first kappa shape index (κ1) is 18.4. The first-order chi connectivity index (χ1) is 13.6. The van der Waals surface area contributed by atoms with Gasteiger partial charge in [-0.15, -0.1) is 0 Å². The van der Waals surface area contributed by atoms with Crippen LogP contribution in [0.3, 0.4) is 0 Å². The summed E-state index contributed by atoms with van der Waals surface area (Å²) in [5, 5.41) is 2.76. The minimum Gasteiger partial charge on any atom is -0.322 e. The largest absolute Gasteiger partial charge is 0.322 e. The van der Waals surface area contributed by atoms with Crippen LogP contribution in [0.2, 0.25) is 0 Å². The van der Waals surface area contributed by atoms with Crippen LogP contribution >= 0.6 is 0 Å².